The van der Waals surface area contributed by atoms with Crippen LogP contribution in [0.15, 0.2) is 10.9 Å². The van der Waals surface area contributed by atoms with E-state index < -0.39 is 0 Å². The van der Waals surface area contributed by atoms with Crippen LogP contribution < -0.4 is 5.69 Å². The molecule has 0 atom stereocenters. The highest BCUT2D eigenvalue weighted by Gasteiger charge is 2.09. The van der Waals surface area contributed by atoms with Gasteiger partial charge in [0.1, 0.15) is 11.6 Å². The molecule has 0 radical (unpaired) electrons. The average Bonchev–Trinajstić information content (AvgIpc) is 2.60. The van der Waals surface area contributed by atoms with E-state index in [1.165, 1.54) is 4.40 Å². The predicted octanol–water partition coefficient (Wildman–Crippen LogP) is 0.638. The van der Waals surface area contributed by atoms with Gasteiger partial charge in [0.2, 0.25) is 0 Å². The smallest absolute Gasteiger partial charge is 0.299 e. The van der Waals surface area contributed by atoms with Gasteiger partial charge in [0.05, 0.1) is 5.69 Å². The third-order valence-electron chi connectivity index (χ3n) is 2.53. The lowest BCUT2D eigenvalue weighted by Crippen LogP contribution is -2.14. The second-order valence-corrected chi connectivity index (χ2v) is 3.98. The van der Waals surface area contributed by atoms with Crippen LogP contribution in [0.2, 0.25) is 0 Å². The molecule has 2 aromatic rings. The van der Waals surface area contributed by atoms with Gasteiger partial charge in [0.15, 0.2) is 5.65 Å². The van der Waals surface area contributed by atoms with Gasteiger partial charge in [-0.1, -0.05) is 6.92 Å². The Kier molecular flexibility index (Phi) is 3.03. The highest BCUT2D eigenvalue weighted by molar-refractivity contribution is 5.80. The lowest BCUT2D eigenvalue weighted by molar-refractivity contribution is -0.118. The van der Waals surface area contributed by atoms with E-state index in [1.54, 1.807) is 13.0 Å². The SMILES string of the molecule is CCCC(=O)Cc1cc2n[nH]c(=O)n2c(C)n1. The molecule has 0 aliphatic heterocycles. The van der Waals surface area contributed by atoms with Crippen LogP contribution in [0.4, 0.5) is 0 Å². The summed E-state index contributed by atoms with van der Waals surface area (Å²) in [5.41, 5.74) is 0.852. The first-order chi connectivity index (χ1) is 8.11. The fourth-order valence-electron chi connectivity index (χ4n) is 1.82. The highest BCUT2D eigenvalue weighted by atomic mass is 16.1. The Morgan fingerprint density at radius 1 is 1.53 bits per heavy atom. The third-order valence-corrected chi connectivity index (χ3v) is 2.53. The number of carbonyl (C=O) groups is 1. The van der Waals surface area contributed by atoms with Crippen LogP contribution in [0.5, 0.6) is 0 Å². The lowest BCUT2D eigenvalue weighted by Gasteiger charge is -2.02. The molecule has 6 heteroatoms. The summed E-state index contributed by atoms with van der Waals surface area (Å²) in [5.74, 6) is 0.696. The van der Waals surface area contributed by atoms with Crippen molar-refractivity contribution in [3.8, 4) is 0 Å². The van der Waals surface area contributed by atoms with Crippen molar-refractivity contribution in [3.05, 3.63) is 28.1 Å². The molecule has 0 bridgehead atoms. The van der Waals surface area contributed by atoms with Crippen LogP contribution >= 0.6 is 0 Å². The summed E-state index contributed by atoms with van der Waals surface area (Å²) in [6.07, 6.45) is 1.69. The number of Topliss-reactive ketones (excluding diaryl/α,β-unsaturated/α-hetero) is 1. The van der Waals surface area contributed by atoms with Crippen LogP contribution in [0.25, 0.3) is 5.65 Å². The Morgan fingerprint density at radius 2 is 2.29 bits per heavy atom. The molecule has 0 unspecified atom stereocenters. The molecule has 90 valence electrons. The molecule has 0 aliphatic carbocycles. The minimum atomic E-state index is -0.309. The Labute approximate surface area is 97.7 Å². The quantitative estimate of drug-likeness (QED) is 0.841. The number of hydrogen-bond acceptors (Lipinski definition) is 4. The van der Waals surface area contributed by atoms with Crippen molar-refractivity contribution in [1.82, 2.24) is 19.6 Å². The second kappa shape index (κ2) is 4.48. The fraction of sp³-hybridized carbons (Fsp3) is 0.455. The third kappa shape index (κ3) is 2.25. The molecule has 0 saturated heterocycles. The fourth-order valence-corrected chi connectivity index (χ4v) is 1.82. The summed E-state index contributed by atoms with van der Waals surface area (Å²) in [4.78, 5) is 27.1. The van der Waals surface area contributed by atoms with Gasteiger partial charge >= 0.3 is 5.69 Å². The number of carbonyl (C=O) groups excluding carboxylic acids is 1. The predicted molar refractivity (Wildman–Crippen MR) is 62.0 cm³/mol. The Bertz CT molecular complexity index is 611. The normalized spacial score (nSPS) is 10.9. The molecule has 2 heterocycles. The van der Waals surface area contributed by atoms with Crippen molar-refractivity contribution < 1.29 is 4.79 Å². The summed E-state index contributed by atoms with van der Waals surface area (Å²) >= 11 is 0. The van der Waals surface area contributed by atoms with Crippen LogP contribution in [-0.2, 0) is 11.2 Å². The van der Waals surface area contributed by atoms with E-state index in [4.69, 9.17) is 0 Å². The van der Waals surface area contributed by atoms with E-state index in [9.17, 15) is 9.59 Å². The van der Waals surface area contributed by atoms with Crippen molar-refractivity contribution in [1.29, 1.82) is 0 Å². The number of aryl methyl sites for hydroxylation is 1. The maximum absolute atomic E-state index is 11.5. The largest absolute Gasteiger partial charge is 0.349 e. The van der Waals surface area contributed by atoms with Crippen LogP contribution in [0, 0.1) is 6.92 Å². The van der Waals surface area contributed by atoms with E-state index >= 15 is 0 Å². The topological polar surface area (TPSA) is 80.1 Å². The zero-order valence-electron chi connectivity index (χ0n) is 9.86. The highest BCUT2D eigenvalue weighted by Crippen LogP contribution is 2.05. The molecule has 17 heavy (non-hydrogen) atoms. The van der Waals surface area contributed by atoms with Gasteiger partial charge in [-0.05, 0) is 13.3 Å². The molecule has 0 aromatic carbocycles. The van der Waals surface area contributed by atoms with Crippen molar-refractivity contribution in [2.45, 2.75) is 33.1 Å². The molecule has 0 saturated carbocycles. The first-order valence-electron chi connectivity index (χ1n) is 5.57. The van der Waals surface area contributed by atoms with Crippen molar-refractivity contribution in [2.75, 3.05) is 0 Å². The summed E-state index contributed by atoms with van der Waals surface area (Å²) in [7, 11) is 0. The molecule has 0 amide bonds. The molecule has 0 aliphatic rings. The van der Waals surface area contributed by atoms with Gasteiger partial charge in [-0.15, -0.1) is 0 Å². The number of hydrogen-bond donors (Lipinski definition) is 1. The minimum absolute atomic E-state index is 0.154. The maximum Gasteiger partial charge on any atom is 0.349 e. The zero-order valence-corrected chi connectivity index (χ0v) is 9.86. The number of aromatic amines is 1. The molecule has 0 spiro atoms. The summed E-state index contributed by atoms with van der Waals surface area (Å²) < 4.78 is 1.38. The Balaban J connectivity index is 2.37. The maximum atomic E-state index is 11.5. The number of nitrogens with one attached hydrogen (secondary N) is 1. The summed E-state index contributed by atoms with van der Waals surface area (Å²) in [5, 5.41) is 6.22. The molecule has 2 aromatic heterocycles. The molecule has 6 nitrogen and oxygen atoms in total. The van der Waals surface area contributed by atoms with Crippen LogP contribution in [-0.4, -0.2) is 25.4 Å². The summed E-state index contributed by atoms with van der Waals surface area (Å²) in [6, 6.07) is 1.67. The molecule has 2 rings (SSSR count). The van der Waals surface area contributed by atoms with Gasteiger partial charge < -0.3 is 0 Å². The number of ketones is 1. The molecule has 0 fully saturated rings. The van der Waals surface area contributed by atoms with E-state index in [0.29, 0.717) is 30.0 Å². The van der Waals surface area contributed by atoms with Crippen LogP contribution in [0.3, 0.4) is 0 Å². The van der Waals surface area contributed by atoms with Crippen molar-refractivity contribution in [2.24, 2.45) is 0 Å². The van der Waals surface area contributed by atoms with E-state index in [0.717, 1.165) is 6.42 Å². The second-order valence-electron chi connectivity index (χ2n) is 3.98. The van der Waals surface area contributed by atoms with Crippen molar-refractivity contribution >= 4 is 11.4 Å². The monoisotopic (exact) mass is 234 g/mol. The van der Waals surface area contributed by atoms with E-state index in [1.807, 2.05) is 6.92 Å². The lowest BCUT2D eigenvalue weighted by atomic mass is 10.1. The average molecular weight is 234 g/mol. The number of H-pyrrole nitrogens is 1. The van der Waals surface area contributed by atoms with Gasteiger partial charge in [-0.2, -0.15) is 5.10 Å². The number of rotatable bonds is 4. The minimum Gasteiger partial charge on any atom is -0.299 e. The van der Waals surface area contributed by atoms with Crippen molar-refractivity contribution in [3.63, 3.8) is 0 Å². The molecular weight excluding hydrogens is 220 g/mol. The molecule has 1 N–H and O–H groups in total. The van der Waals surface area contributed by atoms with Gasteiger partial charge in [0, 0.05) is 18.9 Å². The van der Waals surface area contributed by atoms with Gasteiger partial charge in [-0.25, -0.2) is 19.3 Å². The Morgan fingerprint density at radius 3 is 3.00 bits per heavy atom. The van der Waals surface area contributed by atoms with Gasteiger partial charge in [-0.3, -0.25) is 4.79 Å². The zero-order chi connectivity index (χ0) is 12.4. The first-order valence-corrected chi connectivity index (χ1v) is 5.57. The van der Waals surface area contributed by atoms with E-state index in [-0.39, 0.29) is 11.5 Å². The summed E-state index contributed by atoms with van der Waals surface area (Å²) in [6.45, 7) is 3.69. The number of fused-ring (bicyclic) bond motifs is 1. The standard InChI is InChI=1S/C11H14N4O2/c1-3-4-9(16)5-8-6-10-13-14-11(17)15(10)7(2)12-8/h6H,3-5H2,1-2H3,(H,14,17). The van der Waals surface area contributed by atoms with E-state index in [2.05, 4.69) is 15.2 Å². The van der Waals surface area contributed by atoms with Crippen LogP contribution in [0.1, 0.15) is 31.3 Å². The number of aromatic nitrogens is 4. The van der Waals surface area contributed by atoms with Gasteiger partial charge in [0.25, 0.3) is 0 Å². The number of nitrogens with zero attached hydrogens (tertiary/aromatic N) is 3. The first kappa shape index (κ1) is 11.5. The molecular formula is C11H14N4O2. The Hall–Kier alpha value is -1.98.